The summed E-state index contributed by atoms with van der Waals surface area (Å²) >= 11 is 18.4. The van der Waals surface area contributed by atoms with Crippen molar-refractivity contribution < 1.29 is 9.90 Å². The molecule has 24 heavy (non-hydrogen) atoms. The zero-order valence-corrected chi connectivity index (χ0v) is 15.0. The molecule has 0 spiro atoms. The summed E-state index contributed by atoms with van der Waals surface area (Å²) in [5.41, 5.74) is 1.89. The van der Waals surface area contributed by atoms with Crippen molar-refractivity contribution in [2.24, 2.45) is 5.92 Å². The van der Waals surface area contributed by atoms with Crippen molar-refractivity contribution in [2.75, 3.05) is 11.4 Å². The van der Waals surface area contributed by atoms with E-state index in [1.807, 2.05) is 36.4 Å². The second kappa shape index (κ2) is 7.22. The second-order valence-corrected chi connectivity index (χ2v) is 7.20. The maximum Gasteiger partial charge on any atom is 0.308 e. The monoisotopic (exact) mass is 383 g/mol. The normalized spacial score (nSPS) is 20.9. The molecule has 2 atom stereocenters. The van der Waals surface area contributed by atoms with E-state index in [-0.39, 0.29) is 6.04 Å². The predicted molar refractivity (Wildman–Crippen MR) is 98.4 cm³/mol. The molecule has 0 bridgehead atoms. The van der Waals surface area contributed by atoms with E-state index < -0.39 is 11.9 Å². The fourth-order valence-corrected chi connectivity index (χ4v) is 3.85. The van der Waals surface area contributed by atoms with Gasteiger partial charge in [-0.05, 0) is 54.8 Å². The summed E-state index contributed by atoms with van der Waals surface area (Å²) in [5.74, 6) is -1.17. The van der Waals surface area contributed by atoms with E-state index in [4.69, 9.17) is 34.8 Å². The van der Waals surface area contributed by atoms with Crippen molar-refractivity contribution in [1.29, 1.82) is 0 Å². The number of nitrogens with zero attached hydrogens (tertiary/aromatic N) is 1. The Kier molecular flexibility index (Phi) is 5.24. The molecule has 1 unspecified atom stereocenters. The van der Waals surface area contributed by atoms with Gasteiger partial charge in [-0.3, -0.25) is 4.79 Å². The lowest BCUT2D eigenvalue weighted by Crippen LogP contribution is -2.41. The highest BCUT2D eigenvalue weighted by Gasteiger charge is 2.33. The highest BCUT2D eigenvalue weighted by Crippen LogP contribution is 2.40. The maximum absolute atomic E-state index is 11.4. The Morgan fingerprint density at radius 1 is 1.00 bits per heavy atom. The summed E-state index contributed by atoms with van der Waals surface area (Å²) in [7, 11) is 0. The van der Waals surface area contributed by atoms with Crippen LogP contribution in [0, 0.1) is 5.92 Å². The summed E-state index contributed by atoms with van der Waals surface area (Å²) in [6.07, 6.45) is 1.32. The summed E-state index contributed by atoms with van der Waals surface area (Å²) in [4.78, 5) is 13.5. The first-order chi connectivity index (χ1) is 11.5. The minimum absolute atomic E-state index is 0.00606. The van der Waals surface area contributed by atoms with Crippen molar-refractivity contribution in [1.82, 2.24) is 0 Å². The highest BCUT2D eigenvalue weighted by atomic mass is 35.5. The largest absolute Gasteiger partial charge is 0.481 e. The number of rotatable bonds is 3. The van der Waals surface area contributed by atoms with Gasteiger partial charge in [0.05, 0.1) is 12.0 Å². The van der Waals surface area contributed by atoms with Gasteiger partial charge >= 0.3 is 5.97 Å². The van der Waals surface area contributed by atoms with Gasteiger partial charge in [0, 0.05) is 27.3 Å². The van der Waals surface area contributed by atoms with Crippen LogP contribution in [0.25, 0.3) is 0 Å². The molecule has 2 aromatic rings. The summed E-state index contributed by atoms with van der Waals surface area (Å²) < 4.78 is 0. The van der Waals surface area contributed by atoms with Gasteiger partial charge in [0.1, 0.15) is 0 Å². The Hall–Kier alpha value is -1.42. The topological polar surface area (TPSA) is 40.5 Å². The van der Waals surface area contributed by atoms with Crippen molar-refractivity contribution in [2.45, 2.75) is 18.9 Å². The Labute approximate surface area is 155 Å². The number of piperidine rings is 1. The number of halogens is 3. The first kappa shape index (κ1) is 17.4. The molecule has 3 rings (SSSR count). The average molecular weight is 385 g/mol. The molecule has 1 aliphatic heterocycles. The average Bonchev–Trinajstić information content (AvgIpc) is 2.55. The standard InChI is InChI=1S/C18H16Cl3NO2/c19-12-2-5-14(6-3-12)22-10-11(18(23)24)1-8-17(22)15-7-4-13(20)9-16(15)21/h2-7,9,11,17H,1,8,10H2,(H,23,24)/t11?,17-/m0/s1. The molecule has 0 radical (unpaired) electrons. The van der Waals surface area contributed by atoms with Crippen LogP contribution in [0.2, 0.25) is 15.1 Å². The van der Waals surface area contributed by atoms with E-state index in [2.05, 4.69) is 4.90 Å². The van der Waals surface area contributed by atoms with Crippen LogP contribution in [-0.2, 0) is 4.79 Å². The van der Waals surface area contributed by atoms with E-state index in [1.54, 1.807) is 6.07 Å². The number of benzene rings is 2. The lowest BCUT2D eigenvalue weighted by Gasteiger charge is -2.40. The smallest absolute Gasteiger partial charge is 0.308 e. The lowest BCUT2D eigenvalue weighted by molar-refractivity contribution is -0.142. The number of carboxylic acid groups (broad SMARTS) is 1. The van der Waals surface area contributed by atoms with Gasteiger partial charge in [0.25, 0.3) is 0 Å². The van der Waals surface area contributed by atoms with Crippen molar-refractivity contribution >= 4 is 46.5 Å². The molecule has 1 heterocycles. The van der Waals surface area contributed by atoms with Crippen molar-refractivity contribution in [3.05, 3.63) is 63.1 Å². The molecule has 6 heteroatoms. The SMILES string of the molecule is O=C(O)C1CC[C@@H](c2ccc(Cl)cc2Cl)N(c2ccc(Cl)cc2)C1. The van der Waals surface area contributed by atoms with Crippen LogP contribution in [0.3, 0.4) is 0 Å². The van der Waals surface area contributed by atoms with Gasteiger partial charge in [-0.1, -0.05) is 40.9 Å². The third-order valence-corrected chi connectivity index (χ3v) is 5.23. The number of aliphatic carboxylic acids is 1. The first-order valence-electron chi connectivity index (χ1n) is 7.65. The van der Waals surface area contributed by atoms with E-state index >= 15 is 0 Å². The van der Waals surface area contributed by atoms with Crippen molar-refractivity contribution in [3.63, 3.8) is 0 Å². The molecule has 0 aliphatic carbocycles. The molecule has 126 valence electrons. The van der Waals surface area contributed by atoms with Gasteiger partial charge < -0.3 is 10.0 Å². The van der Waals surface area contributed by atoms with Crippen LogP contribution in [0.15, 0.2) is 42.5 Å². The highest BCUT2D eigenvalue weighted by molar-refractivity contribution is 6.35. The summed E-state index contributed by atoms with van der Waals surface area (Å²) in [6.45, 7) is 0.431. The van der Waals surface area contributed by atoms with E-state index in [9.17, 15) is 9.90 Å². The van der Waals surface area contributed by atoms with Crippen LogP contribution in [0.5, 0.6) is 0 Å². The minimum Gasteiger partial charge on any atom is -0.481 e. The third kappa shape index (κ3) is 3.64. The number of hydrogen-bond acceptors (Lipinski definition) is 2. The number of carbonyl (C=O) groups is 1. The van der Waals surface area contributed by atoms with Gasteiger partial charge in [-0.2, -0.15) is 0 Å². The molecule has 0 amide bonds. The Bertz CT molecular complexity index is 748. The number of hydrogen-bond donors (Lipinski definition) is 1. The molecule has 0 saturated carbocycles. The van der Waals surface area contributed by atoms with Crippen LogP contribution in [0.4, 0.5) is 5.69 Å². The van der Waals surface area contributed by atoms with Gasteiger partial charge in [-0.25, -0.2) is 0 Å². The van der Waals surface area contributed by atoms with Crippen LogP contribution in [-0.4, -0.2) is 17.6 Å². The van der Waals surface area contributed by atoms with Crippen LogP contribution < -0.4 is 4.90 Å². The molecule has 0 aromatic heterocycles. The molecule has 1 saturated heterocycles. The minimum atomic E-state index is -0.769. The zero-order chi connectivity index (χ0) is 17.3. The van der Waals surface area contributed by atoms with Gasteiger partial charge in [0.2, 0.25) is 0 Å². The summed E-state index contributed by atoms with van der Waals surface area (Å²) in [6, 6.07) is 12.9. The summed E-state index contributed by atoms with van der Waals surface area (Å²) in [5, 5.41) is 11.2. The maximum atomic E-state index is 11.4. The molecule has 3 nitrogen and oxygen atoms in total. The number of carboxylic acids is 1. The second-order valence-electron chi connectivity index (χ2n) is 5.92. The molecular formula is C18H16Cl3NO2. The zero-order valence-electron chi connectivity index (χ0n) is 12.8. The third-order valence-electron chi connectivity index (χ3n) is 4.41. The van der Waals surface area contributed by atoms with Gasteiger partial charge in [-0.15, -0.1) is 0 Å². The van der Waals surface area contributed by atoms with Gasteiger partial charge in [0.15, 0.2) is 0 Å². The molecule has 1 aliphatic rings. The quantitative estimate of drug-likeness (QED) is 0.739. The fraction of sp³-hybridized carbons (Fsp3) is 0.278. The number of anilines is 1. The van der Waals surface area contributed by atoms with Crippen LogP contribution >= 0.6 is 34.8 Å². The molecule has 1 N–H and O–H groups in total. The Balaban J connectivity index is 1.99. The molecule has 1 fully saturated rings. The Morgan fingerprint density at radius 3 is 2.29 bits per heavy atom. The molecular weight excluding hydrogens is 369 g/mol. The lowest BCUT2D eigenvalue weighted by atomic mass is 9.88. The molecule has 2 aromatic carbocycles. The van der Waals surface area contributed by atoms with E-state index in [1.165, 1.54) is 0 Å². The van der Waals surface area contributed by atoms with E-state index in [0.29, 0.717) is 34.5 Å². The van der Waals surface area contributed by atoms with E-state index in [0.717, 1.165) is 11.3 Å². The van der Waals surface area contributed by atoms with Crippen molar-refractivity contribution in [3.8, 4) is 0 Å². The Morgan fingerprint density at radius 2 is 1.67 bits per heavy atom. The fourth-order valence-electron chi connectivity index (χ4n) is 3.19. The first-order valence-corrected chi connectivity index (χ1v) is 8.79. The predicted octanol–water partition coefficient (Wildman–Crippen LogP) is 5.69. The van der Waals surface area contributed by atoms with Crippen LogP contribution in [0.1, 0.15) is 24.4 Å².